The van der Waals surface area contributed by atoms with Gasteiger partial charge in [-0.2, -0.15) is 0 Å². The van der Waals surface area contributed by atoms with Gasteiger partial charge in [0.15, 0.2) is 0 Å². The van der Waals surface area contributed by atoms with Crippen molar-refractivity contribution in [2.24, 2.45) is 0 Å². The number of hydrogen-bond acceptors (Lipinski definition) is 3. The van der Waals surface area contributed by atoms with E-state index in [1.807, 2.05) is 41.6 Å². The third-order valence-corrected chi connectivity index (χ3v) is 5.39. The largest absolute Gasteiger partial charge is 0.343 e. The Bertz CT molecular complexity index is 878. The van der Waals surface area contributed by atoms with Crippen molar-refractivity contribution in [2.45, 2.75) is 19.5 Å². The number of carbonyl (C=O) groups is 1. The molecular weight excluding hydrogens is 359 g/mol. The predicted molar refractivity (Wildman–Crippen MR) is 108 cm³/mol. The summed E-state index contributed by atoms with van der Waals surface area (Å²) in [5, 5.41) is 5.07. The number of amides is 1. The average Bonchev–Trinajstić information content (AvgIpc) is 3.17. The minimum atomic E-state index is -0.284. The monoisotopic (exact) mass is 382 g/mol. The van der Waals surface area contributed by atoms with Crippen molar-refractivity contribution in [3.63, 3.8) is 0 Å². The van der Waals surface area contributed by atoms with E-state index in [1.165, 1.54) is 23.3 Å². The molecule has 1 atom stereocenters. The van der Waals surface area contributed by atoms with Crippen molar-refractivity contribution in [1.82, 2.24) is 10.2 Å². The van der Waals surface area contributed by atoms with Crippen molar-refractivity contribution in [3.05, 3.63) is 93.4 Å². The molecule has 27 heavy (non-hydrogen) atoms. The molecule has 0 unspecified atom stereocenters. The molecule has 3 rings (SSSR count). The normalized spacial score (nSPS) is 12.1. The molecule has 3 aromatic rings. The molecule has 0 saturated heterocycles. The van der Waals surface area contributed by atoms with E-state index >= 15 is 0 Å². The molecule has 1 amide bonds. The first-order valence-corrected chi connectivity index (χ1v) is 9.72. The molecule has 1 N–H and O–H groups in total. The number of benzene rings is 2. The minimum Gasteiger partial charge on any atom is -0.343 e. The van der Waals surface area contributed by atoms with Crippen LogP contribution in [0.1, 0.15) is 27.6 Å². The van der Waals surface area contributed by atoms with E-state index in [2.05, 4.69) is 24.4 Å². The van der Waals surface area contributed by atoms with Crippen molar-refractivity contribution in [2.75, 3.05) is 13.6 Å². The SMILES string of the molecule is Cc1ccccc1CN(C)CC(=O)N[C@@H](c1ccc(F)cc1)c1cccs1. The Balaban J connectivity index is 1.67. The van der Waals surface area contributed by atoms with Crippen LogP contribution in [0.3, 0.4) is 0 Å². The molecule has 1 aromatic heterocycles. The number of nitrogens with zero attached hydrogens (tertiary/aromatic N) is 1. The van der Waals surface area contributed by atoms with Crippen molar-refractivity contribution < 1.29 is 9.18 Å². The van der Waals surface area contributed by atoms with Crippen molar-refractivity contribution in [1.29, 1.82) is 0 Å². The molecule has 0 aliphatic rings. The van der Waals surface area contributed by atoms with Crippen LogP contribution in [-0.2, 0) is 11.3 Å². The summed E-state index contributed by atoms with van der Waals surface area (Å²) in [6.45, 7) is 3.07. The lowest BCUT2D eigenvalue weighted by atomic mass is 10.1. The van der Waals surface area contributed by atoms with E-state index < -0.39 is 0 Å². The van der Waals surface area contributed by atoms with Gasteiger partial charge in [-0.05, 0) is 54.2 Å². The maximum atomic E-state index is 13.3. The van der Waals surface area contributed by atoms with Crippen LogP contribution >= 0.6 is 11.3 Å². The zero-order chi connectivity index (χ0) is 19.2. The van der Waals surface area contributed by atoms with Gasteiger partial charge in [-0.25, -0.2) is 4.39 Å². The molecular formula is C22H23FN2OS. The number of carbonyl (C=O) groups excluding carboxylic acids is 1. The lowest BCUT2D eigenvalue weighted by Crippen LogP contribution is -2.37. The van der Waals surface area contributed by atoms with Gasteiger partial charge >= 0.3 is 0 Å². The summed E-state index contributed by atoms with van der Waals surface area (Å²) < 4.78 is 13.3. The Morgan fingerprint density at radius 3 is 2.52 bits per heavy atom. The first-order valence-electron chi connectivity index (χ1n) is 8.84. The smallest absolute Gasteiger partial charge is 0.234 e. The molecule has 3 nitrogen and oxygen atoms in total. The van der Waals surface area contributed by atoms with Gasteiger partial charge in [-0.15, -0.1) is 11.3 Å². The summed E-state index contributed by atoms with van der Waals surface area (Å²) in [7, 11) is 1.93. The molecule has 0 bridgehead atoms. The molecule has 0 saturated carbocycles. The number of nitrogens with one attached hydrogen (secondary N) is 1. The number of rotatable bonds is 7. The van der Waals surface area contributed by atoms with E-state index in [4.69, 9.17) is 0 Å². The third-order valence-electron chi connectivity index (χ3n) is 4.45. The highest BCUT2D eigenvalue weighted by Gasteiger charge is 2.19. The van der Waals surface area contributed by atoms with E-state index in [0.717, 1.165) is 10.4 Å². The van der Waals surface area contributed by atoms with Crippen LogP contribution in [0.5, 0.6) is 0 Å². The van der Waals surface area contributed by atoms with Gasteiger partial charge in [0.1, 0.15) is 5.82 Å². The zero-order valence-electron chi connectivity index (χ0n) is 15.5. The fraction of sp³-hybridized carbons (Fsp3) is 0.227. The summed E-state index contributed by atoms with van der Waals surface area (Å²) in [4.78, 5) is 15.7. The quantitative estimate of drug-likeness (QED) is 0.651. The maximum Gasteiger partial charge on any atom is 0.234 e. The number of halogens is 1. The molecule has 140 valence electrons. The maximum absolute atomic E-state index is 13.3. The van der Waals surface area contributed by atoms with Crippen LogP contribution in [0.2, 0.25) is 0 Å². The molecule has 0 aliphatic heterocycles. The lowest BCUT2D eigenvalue weighted by Gasteiger charge is -2.22. The summed E-state index contributed by atoms with van der Waals surface area (Å²) >= 11 is 1.57. The number of likely N-dealkylation sites (N-methyl/N-ethyl adjacent to an activating group) is 1. The third kappa shape index (κ3) is 5.25. The highest BCUT2D eigenvalue weighted by Crippen LogP contribution is 2.26. The standard InChI is InChI=1S/C22H23FN2OS/c1-16-6-3-4-7-18(16)14-25(2)15-21(26)24-22(20-8-5-13-27-20)17-9-11-19(23)12-10-17/h3-13,22H,14-15H2,1-2H3,(H,24,26)/t22-/m0/s1. The molecule has 0 spiro atoms. The molecule has 0 radical (unpaired) electrons. The highest BCUT2D eigenvalue weighted by atomic mass is 32.1. The first-order chi connectivity index (χ1) is 13.0. The van der Waals surface area contributed by atoms with Crippen LogP contribution in [0, 0.1) is 12.7 Å². The van der Waals surface area contributed by atoms with Crippen LogP contribution in [0.4, 0.5) is 4.39 Å². The van der Waals surface area contributed by atoms with E-state index in [1.54, 1.807) is 23.5 Å². The van der Waals surface area contributed by atoms with E-state index in [9.17, 15) is 9.18 Å². The van der Waals surface area contributed by atoms with Crippen LogP contribution in [0.25, 0.3) is 0 Å². The van der Waals surface area contributed by atoms with Crippen molar-refractivity contribution in [3.8, 4) is 0 Å². The Kier molecular flexibility index (Phi) is 6.37. The van der Waals surface area contributed by atoms with Gasteiger partial charge in [0, 0.05) is 11.4 Å². The van der Waals surface area contributed by atoms with Crippen LogP contribution < -0.4 is 5.32 Å². The van der Waals surface area contributed by atoms with Crippen LogP contribution in [0.15, 0.2) is 66.0 Å². The van der Waals surface area contributed by atoms with E-state index in [0.29, 0.717) is 6.54 Å². The topological polar surface area (TPSA) is 32.3 Å². The molecule has 1 heterocycles. The Labute approximate surface area is 163 Å². The Morgan fingerprint density at radius 1 is 1.11 bits per heavy atom. The summed E-state index contributed by atoms with van der Waals surface area (Å²) in [5.41, 5.74) is 3.29. The van der Waals surface area contributed by atoms with Gasteiger partial charge in [-0.3, -0.25) is 9.69 Å². The van der Waals surface area contributed by atoms with Crippen molar-refractivity contribution >= 4 is 17.2 Å². The van der Waals surface area contributed by atoms with Gasteiger partial charge in [0.05, 0.1) is 12.6 Å². The highest BCUT2D eigenvalue weighted by molar-refractivity contribution is 7.10. The first kappa shape index (κ1) is 19.3. The van der Waals surface area contributed by atoms with Gasteiger partial charge < -0.3 is 5.32 Å². The molecule has 5 heteroatoms. The Morgan fingerprint density at radius 2 is 1.85 bits per heavy atom. The van der Waals surface area contributed by atoms with Gasteiger partial charge in [-0.1, -0.05) is 42.5 Å². The van der Waals surface area contributed by atoms with Gasteiger partial charge in [0.2, 0.25) is 5.91 Å². The van der Waals surface area contributed by atoms with E-state index in [-0.39, 0.29) is 24.3 Å². The number of aryl methyl sites for hydroxylation is 1. The molecule has 0 aliphatic carbocycles. The molecule has 2 aromatic carbocycles. The summed E-state index contributed by atoms with van der Waals surface area (Å²) in [6, 6.07) is 18.1. The molecule has 0 fully saturated rings. The second-order valence-electron chi connectivity index (χ2n) is 6.67. The second-order valence-corrected chi connectivity index (χ2v) is 7.65. The fourth-order valence-electron chi connectivity index (χ4n) is 3.02. The van der Waals surface area contributed by atoms with Gasteiger partial charge in [0.25, 0.3) is 0 Å². The number of hydrogen-bond donors (Lipinski definition) is 1. The zero-order valence-corrected chi connectivity index (χ0v) is 16.3. The van der Waals surface area contributed by atoms with Crippen LogP contribution in [-0.4, -0.2) is 24.4 Å². The second kappa shape index (κ2) is 8.93. The minimum absolute atomic E-state index is 0.0613. The average molecular weight is 383 g/mol. The number of thiophene rings is 1. The Hall–Kier alpha value is -2.50. The summed E-state index contributed by atoms with van der Waals surface area (Å²) in [6.07, 6.45) is 0. The fourth-order valence-corrected chi connectivity index (χ4v) is 3.82. The summed E-state index contributed by atoms with van der Waals surface area (Å²) in [5.74, 6) is -0.346. The lowest BCUT2D eigenvalue weighted by molar-refractivity contribution is -0.122. The predicted octanol–water partition coefficient (Wildman–Crippen LogP) is 4.53.